The maximum absolute atomic E-state index is 6.54. The second-order valence-electron chi connectivity index (χ2n) is 17.4. The van der Waals surface area contributed by atoms with Crippen molar-refractivity contribution in [1.82, 2.24) is 14.1 Å². The van der Waals surface area contributed by atoms with Gasteiger partial charge in [0.15, 0.2) is 0 Å². The molecule has 56 heavy (non-hydrogen) atoms. The number of fused-ring (bicyclic) bond motifs is 4. The molecule has 0 atom stereocenters. The van der Waals surface area contributed by atoms with Gasteiger partial charge in [-0.2, -0.15) is 18.2 Å². The van der Waals surface area contributed by atoms with Crippen LogP contribution < -0.4 is 9.30 Å². The Morgan fingerprint density at radius 1 is 0.732 bits per heavy atom. The average molecular weight is 977 g/mol. The van der Waals surface area contributed by atoms with E-state index in [-0.39, 0.29) is 26.5 Å². The second-order valence-corrected chi connectivity index (χ2v) is 29.0. The molecule has 1 aliphatic carbocycles. The fraction of sp³-hybridized carbons (Fsp3) is 0.265. The van der Waals surface area contributed by atoms with E-state index in [0.717, 1.165) is 54.8 Å². The molecule has 0 aliphatic heterocycles. The second kappa shape index (κ2) is 15.1. The van der Waals surface area contributed by atoms with Gasteiger partial charge in [-0.05, 0) is 34.6 Å². The van der Waals surface area contributed by atoms with Crippen molar-refractivity contribution in [3.63, 3.8) is 0 Å². The molecule has 0 radical (unpaired) electrons. The summed E-state index contributed by atoms with van der Waals surface area (Å²) in [4.78, 5) is 4.83. The van der Waals surface area contributed by atoms with Crippen molar-refractivity contribution >= 4 is 46.1 Å². The first-order valence-corrected chi connectivity index (χ1v) is 27.2. The molecule has 0 bridgehead atoms. The summed E-state index contributed by atoms with van der Waals surface area (Å²) >= 11 is -1.59. The zero-order chi connectivity index (χ0) is 37.9. The Hall–Kier alpha value is -4.45. The van der Waals surface area contributed by atoms with E-state index in [9.17, 15) is 0 Å². The Labute approximate surface area is 348 Å². The first-order chi connectivity index (χ1) is 26.5. The SMILES string of the molecule is CC(C)(C)c1ccnc(-n2c3[c-]c(Oc4[c-]c(-n5[c-][n+](-c6ccc(C7CC[CH]([Ge]([CH3])([CH3])[CH3])CC7)cc6)c6ccccc65)ccc4)ccc3c3ccccc32)c1.[Pt]. The van der Waals surface area contributed by atoms with Gasteiger partial charge < -0.3 is 9.30 Å². The smallest absolute Gasteiger partial charge is 0.0409 e. The number of hydrogen-bond acceptors (Lipinski definition) is 2. The zero-order valence-corrected chi connectivity index (χ0v) is 37.4. The number of ether oxygens (including phenoxy) is 1. The molecule has 1 aliphatic rings. The third kappa shape index (κ3) is 7.29. The molecule has 3 aromatic heterocycles. The Bertz CT molecular complexity index is 2670. The van der Waals surface area contributed by atoms with Crippen molar-refractivity contribution in [2.45, 2.75) is 79.8 Å². The molecule has 7 heteroatoms. The van der Waals surface area contributed by atoms with Crippen LogP contribution in [0.4, 0.5) is 0 Å². The molecule has 5 nitrogen and oxygen atoms in total. The maximum atomic E-state index is 6.54. The molecule has 0 N–H and O–H groups in total. The molecular weight excluding hydrogens is 928 g/mol. The largest absolute Gasteiger partial charge is 0.173 e. The molecule has 0 spiro atoms. The molecule has 5 aromatic carbocycles. The van der Waals surface area contributed by atoms with E-state index in [4.69, 9.17) is 9.72 Å². The number of para-hydroxylation sites is 3. The molecule has 3 heterocycles. The number of imidazole rings is 1. The normalized spacial score (nSPS) is 16.3. The molecule has 1 fully saturated rings. The minimum atomic E-state index is -1.59. The molecule has 1 saturated carbocycles. The number of nitrogens with zero attached hydrogens (tertiary/aromatic N) is 4. The third-order valence-electron chi connectivity index (χ3n) is 11.7. The summed E-state index contributed by atoms with van der Waals surface area (Å²) in [7, 11) is 0. The Morgan fingerprint density at radius 3 is 2.20 bits per heavy atom. The summed E-state index contributed by atoms with van der Waals surface area (Å²) < 4.78 is 14.0. The minimum Gasteiger partial charge on any atom is -0.173 e. The minimum absolute atomic E-state index is 0. The summed E-state index contributed by atoms with van der Waals surface area (Å²) in [6, 6.07) is 47.7. The van der Waals surface area contributed by atoms with Crippen LogP contribution in [0.5, 0.6) is 11.5 Å². The van der Waals surface area contributed by atoms with Gasteiger partial charge >= 0.3 is 153 Å². The predicted octanol–water partition coefficient (Wildman–Crippen LogP) is 12.3. The number of pyridine rings is 1. The molecule has 0 unspecified atom stereocenters. The van der Waals surface area contributed by atoms with Gasteiger partial charge in [-0.15, -0.1) is 29.7 Å². The predicted molar refractivity (Wildman–Crippen MR) is 227 cm³/mol. The van der Waals surface area contributed by atoms with E-state index in [1.807, 2.05) is 24.4 Å². The van der Waals surface area contributed by atoms with Crippen LogP contribution >= 0.6 is 0 Å². The average Bonchev–Trinajstić information content (AvgIpc) is 3.74. The van der Waals surface area contributed by atoms with Gasteiger partial charge in [0.25, 0.3) is 0 Å². The summed E-state index contributed by atoms with van der Waals surface area (Å²) in [5.74, 6) is 10.5. The monoisotopic (exact) mass is 977 g/mol. The Morgan fingerprint density at radius 2 is 1.45 bits per heavy atom. The summed E-state index contributed by atoms with van der Waals surface area (Å²) in [5.41, 5.74) is 8.78. The quantitative estimate of drug-likeness (QED) is 0.0906. The van der Waals surface area contributed by atoms with E-state index in [1.165, 1.54) is 36.8 Å². The van der Waals surface area contributed by atoms with Crippen LogP contribution in [0.3, 0.4) is 0 Å². The Kier molecular flexibility index (Phi) is 10.4. The first-order valence-electron chi connectivity index (χ1n) is 19.7. The molecule has 8 aromatic rings. The van der Waals surface area contributed by atoms with Gasteiger partial charge in [0, 0.05) is 44.3 Å². The summed E-state index contributed by atoms with van der Waals surface area (Å²) in [6.45, 7) is 6.68. The zero-order valence-electron chi connectivity index (χ0n) is 33.0. The van der Waals surface area contributed by atoms with E-state index in [0.29, 0.717) is 17.4 Å². The molecule has 9 rings (SSSR count). The van der Waals surface area contributed by atoms with E-state index in [1.54, 1.807) is 0 Å². The molecule has 286 valence electrons. The topological polar surface area (TPSA) is 35.9 Å². The van der Waals surface area contributed by atoms with Gasteiger partial charge in [-0.3, -0.25) is 0 Å². The maximum Gasteiger partial charge on any atom is 0.0409 e. The van der Waals surface area contributed by atoms with Gasteiger partial charge in [0.1, 0.15) is 5.82 Å². The molecular formula is C49H48GeN4OPt-2. The number of benzene rings is 5. The molecule has 0 saturated heterocycles. The first kappa shape index (κ1) is 38.4. The standard InChI is InChI=1S/C49H48GeN4O.Pt/c1-49(2,3)36-28-29-51-48(30-36)54-44-15-8-7-14-42(44)43-27-26-41(32-47(43)54)55-40-13-11-12-39(31-40)53-33-52(45-16-9-10-17-46(45)53)38-24-20-35(21-25-38)34-18-22-37(23-19-34)50(4,5)6;/h7-17,20-21,24-30,34,37H,18-19,22-23H2,1-6H3;/q-2;. The fourth-order valence-electron chi connectivity index (χ4n) is 8.54. The van der Waals surface area contributed by atoms with Gasteiger partial charge in [0.05, 0.1) is 0 Å². The van der Waals surface area contributed by atoms with Crippen LogP contribution in [0, 0.1) is 18.5 Å². The van der Waals surface area contributed by atoms with Crippen LogP contribution in [0.25, 0.3) is 50.0 Å². The van der Waals surface area contributed by atoms with Crippen molar-refractivity contribution in [3.8, 4) is 28.7 Å². The summed E-state index contributed by atoms with van der Waals surface area (Å²) in [5, 5.41) is 2.25. The van der Waals surface area contributed by atoms with Crippen LogP contribution in [0.1, 0.15) is 63.5 Å². The van der Waals surface area contributed by atoms with E-state index in [2.05, 4.69) is 167 Å². The third-order valence-corrected chi connectivity index (χ3v) is 18.1. The van der Waals surface area contributed by atoms with Crippen LogP contribution in [0.15, 0.2) is 121 Å². The van der Waals surface area contributed by atoms with Crippen molar-refractivity contribution < 1.29 is 30.4 Å². The van der Waals surface area contributed by atoms with Crippen LogP contribution in [-0.2, 0) is 26.5 Å². The van der Waals surface area contributed by atoms with E-state index >= 15 is 0 Å². The van der Waals surface area contributed by atoms with Crippen LogP contribution in [0.2, 0.25) is 22.0 Å². The Balaban J connectivity index is 0.00000441. The molecule has 0 amide bonds. The number of hydrogen-bond donors (Lipinski definition) is 0. The van der Waals surface area contributed by atoms with Crippen molar-refractivity contribution in [2.75, 3.05) is 0 Å². The van der Waals surface area contributed by atoms with Crippen molar-refractivity contribution in [1.29, 1.82) is 0 Å². The van der Waals surface area contributed by atoms with Gasteiger partial charge in [-0.1, -0.05) is 50.6 Å². The fourth-order valence-corrected chi connectivity index (χ4v) is 12.9. The summed E-state index contributed by atoms with van der Waals surface area (Å²) in [6.07, 6.45) is 11.0. The van der Waals surface area contributed by atoms with Crippen LogP contribution in [-0.4, -0.2) is 27.4 Å². The van der Waals surface area contributed by atoms with Crippen molar-refractivity contribution in [3.05, 3.63) is 151 Å². The number of aromatic nitrogens is 4. The number of rotatable bonds is 7. The van der Waals surface area contributed by atoms with Gasteiger partial charge in [-0.25, -0.2) is 4.98 Å². The van der Waals surface area contributed by atoms with Crippen molar-refractivity contribution in [2.24, 2.45) is 0 Å². The van der Waals surface area contributed by atoms with Gasteiger partial charge in [0.2, 0.25) is 0 Å². The van der Waals surface area contributed by atoms with E-state index < -0.39 is 13.3 Å².